The second-order valence-corrected chi connectivity index (χ2v) is 2.50. The predicted octanol–water partition coefficient (Wildman–Crippen LogP) is -4.81. The molecule has 0 spiro atoms. The van der Waals surface area contributed by atoms with Crippen molar-refractivity contribution in [2.45, 2.75) is 18.4 Å². The molecule has 0 aromatic carbocycles. The van der Waals surface area contributed by atoms with Crippen LogP contribution in [0.1, 0.15) is 12.8 Å². The molecule has 0 saturated heterocycles. The van der Waals surface area contributed by atoms with Gasteiger partial charge in [0, 0.05) is 12.4 Å². The first kappa shape index (κ1) is 20.4. The monoisotopic (exact) mass is 271 g/mol. The first-order valence-corrected chi connectivity index (χ1v) is 3.28. The minimum atomic E-state index is -2.99. The minimum absolute atomic E-state index is 0. The quantitative estimate of drug-likeness (QED) is 0.283. The maximum absolute atomic E-state index is 10.3. The summed E-state index contributed by atoms with van der Waals surface area (Å²) in [5.74, 6) is -5.72. The normalized spacial score (nSPS) is 12.4. The summed E-state index contributed by atoms with van der Waals surface area (Å²) in [6, 6.07) is 0. The molecular formula is C6H9NO8Ti. The number of carboxylic acid groups (broad SMARTS) is 2. The van der Waals surface area contributed by atoms with Crippen LogP contribution in [0.2, 0.25) is 0 Å². The molecular weight excluding hydrogens is 262 g/mol. The van der Waals surface area contributed by atoms with Gasteiger partial charge in [-0.15, -0.1) is 0 Å². The van der Waals surface area contributed by atoms with Crippen LogP contribution in [0, 0.1) is 0 Å². The zero-order chi connectivity index (χ0) is 11.4. The summed E-state index contributed by atoms with van der Waals surface area (Å²) < 4.78 is 0. The van der Waals surface area contributed by atoms with E-state index in [-0.39, 0.29) is 27.9 Å². The topological polar surface area (TPSA) is 186 Å². The second-order valence-electron chi connectivity index (χ2n) is 2.50. The van der Waals surface area contributed by atoms with Crippen molar-refractivity contribution in [1.82, 2.24) is 6.15 Å². The molecule has 0 radical (unpaired) electrons. The predicted molar refractivity (Wildman–Crippen MR) is 36.3 cm³/mol. The van der Waals surface area contributed by atoms with Crippen molar-refractivity contribution in [3.63, 3.8) is 0 Å². The van der Waals surface area contributed by atoms with Crippen molar-refractivity contribution in [1.29, 1.82) is 0 Å². The van der Waals surface area contributed by atoms with Gasteiger partial charge in [0.1, 0.15) is 5.60 Å². The van der Waals surface area contributed by atoms with Crippen molar-refractivity contribution >= 4 is 17.9 Å². The van der Waals surface area contributed by atoms with Gasteiger partial charge in [-0.1, -0.05) is 0 Å². The average molecular weight is 271 g/mol. The zero-order valence-corrected chi connectivity index (χ0v) is 9.78. The maximum atomic E-state index is 10.3. The van der Waals surface area contributed by atoms with Crippen LogP contribution in [-0.4, -0.2) is 28.6 Å². The van der Waals surface area contributed by atoms with E-state index in [0.29, 0.717) is 0 Å². The Kier molecular flexibility index (Phi) is 10.5. The van der Waals surface area contributed by atoms with Crippen LogP contribution in [0.25, 0.3) is 0 Å². The Bertz CT molecular complexity index is 269. The number of hydrogen-bond donors (Lipinski definition) is 2. The third-order valence-electron chi connectivity index (χ3n) is 1.35. The summed E-state index contributed by atoms with van der Waals surface area (Å²) >= 11 is 0. The van der Waals surface area contributed by atoms with Gasteiger partial charge in [0.05, 0.1) is 12.4 Å². The molecule has 5 N–H and O–H groups in total. The van der Waals surface area contributed by atoms with Crippen molar-refractivity contribution in [2.24, 2.45) is 0 Å². The summed E-state index contributed by atoms with van der Waals surface area (Å²) in [7, 11) is 0. The van der Waals surface area contributed by atoms with E-state index in [2.05, 4.69) is 4.89 Å². The molecule has 0 rings (SSSR count). The van der Waals surface area contributed by atoms with E-state index >= 15 is 0 Å². The van der Waals surface area contributed by atoms with Crippen LogP contribution in [0.5, 0.6) is 0 Å². The van der Waals surface area contributed by atoms with Gasteiger partial charge in [0.2, 0.25) is 0 Å². The Morgan fingerprint density at radius 2 is 1.62 bits per heavy atom. The molecule has 90 valence electrons. The molecule has 0 aliphatic carbocycles. The van der Waals surface area contributed by atoms with E-state index in [4.69, 9.17) is 5.11 Å². The average Bonchev–Trinajstić information content (AvgIpc) is 2.02. The number of rotatable bonds is 5. The van der Waals surface area contributed by atoms with Crippen molar-refractivity contribution < 1.29 is 61.6 Å². The molecule has 0 aromatic rings. The van der Waals surface area contributed by atoms with Gasteiger partial charge >= 0.3 is 27.7 Å². The fourth-order valence-corrected chi connectivity index (χ4v) is 0.714. The van der Waals surface area contributed by atoms with Gasteiger partial charge in [-0.05, 0) is 0 Å². The summed E-state index contributed by atoms with van der Waals surface area (Å²) in [6.45, 7) is 0. The summed E-state index contributed by atoms with van der Waals surface area (Å²) in [5, 5.41) is 38.8. The maximum Gasteiger partial charge on any atom is 2.00 e. The third-order valence-corrected chi connectivity index (χ3v) is 1.35. The fraction of sp³-hybridized carbons (Fsp3) is 0.500. The van der Waals surface area contributed by atoms with Gasteiger partial charge in [0.15, 0.2) is 0 Å². The number of carbonyl (C=O) groups is 3. The Morgan fingerprint density at radius 1 is 1.19 bits per heavy atom. The van der Waals surface area contributed by atoms with E-state index in [1.54, 1.807) is 0 Å². The largest absolute Gasteiger partial charge is 2.00 e. The number of quaternary nitrogens is 1. The number of aliphatic carboxylic acids is 2. The second kappa shape index (κ2) is 8.19. The van der Waals surface area contributed by atoms with Crippen molar-refractivity contribution in [3.8, 4) is 0 Å². The smallest absolute Gasteiger partial charge is 0.662 e. The molecule has 1 atom stereocenters. The zero-order valence-electron chi connectivity index (χ0n) is 8.22. The molecule has 0 amide bonds. The number of carboxylic acids is 2. The summed E-state index contributed by atoms with van der Waals surface area (Å²) in [6.07, 6.45) is -2.68. The van der Waals surface area contributed by atoms with Crippen LogP contribution in [0.3, 0.4) is 0 Å². The van der Waals surface area contributed by atoms with Crippen LogP contribution in [0.4, 0.5) is 0 Å². The molecule has 1 unspecified atom stereocenters. The van der Waals surface area contributed by atoms with Gasteiger partial charge < -0.3 is 41.2 Å². The first-order valence-electron chi connectivity index (χ1n) is 3.28. The van der Waals surface area contributed by atoms with Crippen molar-refractivity contribution in [2.75, 3.05) is 0 Å². The van der Waals surface area contributed by atoms with Gasteiger partial charge in [-0.2, -0.15) is 0 Å². The third kappa shape index (κ3) is 6.48. The van der Waals surface area contributed by atoms with E-state index in [1.807, 2.05) is 0 Å². The molecule has 0 fully saturated rings. The first-order chi connectivity index (χ1) is 6.31. The van der Waals surface area contributed by atoms with Crippen LogP contribution < -0.4 is 21.6 Å². The molecule has 9 nitrogen and oxygen atoms in total. The van der Waals surface area contributed by atoms with Crippen LogP contribution in [-0.2, 0) is 41.0 Å². The molecule has 0 bridgehead atoms. The Hall–Kier alpha value is -0.996. The molecule has 0 aromatic heterocycles. The SMILES string of the molecule is O=C([O-])CC(O)(CC(=O)O[O-])C(=O)[O-].[NH4+].[Ti+2]. The fourth-order valence-electron chi connectivity index (χ4n) is 0.714. The standard InChI is InChI=1S/C6H8O8.H3N.Ti/c7-3(8)1-6(12,5(10)11)2-4(9)14-13;;/h12-13H,1-2H2,(H,7,8)(H,10,11);1H3;/q;;+2/p-2. The Balaban J connectivity index is -0.000000845. The molecule has 16 heavy (non-hydrogen) atoms. The van der Waals surface area contributed by atoms with Crippen LogP contribution >= 0.6 is 0 Å². The molecule has 0 aliphatic rings. The Labute approximate surface area is 104 Å². The number of aliphatic hydroxyl groups is 1. The molecule has 0 aliphatic heterocycles. The Morgan fingerprint density at radius 3 is 1.88 bits per heavy atom. The van der Waals surface area contributed by atoms with Crippen LogP contribution in [0.15, 0.2) is 0 Å². The van der Waals surface area contributed by atoms with E-state index in [9.17, 15) is 29.9 Å². The summed E-state index contributed by atoms with van der Waals surface area (Å²) in [4.78, 5) is 33.4. The van der Waals surface area contributed by atoms with E-state index < -0.39 is 36.4 Å². The van der Waals surface area contributed by atoms with Gasteiger partial charge in [0.25, 0.3) is 0 Å². The van der Waals surface area contributed by atoms with Gasteiger partial charge in [-0.25, -0.2) is 0 Å². The molecule has 0 saturated carbocycles. The minimum Gasteiger partial charge on any atom is -0.662 e. The van der Waals surface area contributed by atoms with E-state index in [0.717, 1.165) is 0 Å². The van der Waals surface area contributed by atoms with Crippen molar-refractivity contribution in [3.05, 3.63) is 0 Å². The van der Waals surface area contributed by atoms with E-state index in [1.165, 1.54) is 0 Å². The molecule has 10 heteroatoms. The summed E-state index contributed by atoms with van der Waals surface area (Å²) in [5.41, 5.74) is -2.99. The number of carbonyl (C=O) groups excluding carboxylic acids is 3. The number of hydrogen-bond acceptors (Lipinski definition) is 8. The van der Waals surface area contributed by atoms with Gasteiger partial charge in [-0.3, -0.25) is 4.79 Å². The molecule has 0 heterocycles.